The number of benzene rings is 1. The highest BCUT2D eigenvalue weighted by molar-refractivity contribution is 5.97. The molecule has 5 heteroatoms. The highest BCUT2D eigenvalue weighted by Gasteiger charge is 2.37. The molecule has 3 N–H and O–H groups in total. The number of hydrogen-bond acceptors (Lipinski definition) is 3. The second kappa shape index (κ2) is 13.3. The van der Waals surface area contributed by atoms with Crippen LogP contribution < -0.4 is 16.0 Å². The summed E-state index contributed by atoms with van der Waals surface area (Å²) >= 11 is 0. The van der Waals surface area contributed by atoms with E-state index < -0.39 is 12.1 Å². The van der Waals surface area contributed by atoms with Crippen LogP contribution in [0.5, 0.6) is 0 Å². The van der Waals surface area contributed by atoms with E-state index in [1.54, 1.807) is 0 Å². The zero-order valence-electron chi connectivity index (χ0n) is 24.5. The normalized spacial score (nSPS) is 22.9. The van der Waals surface area contributed by atoms with E-state index in [1.807, 2.05) is 0 Å². The number of anilines is 1. The van der Waals surface area contributed by atoms with Gasteiger partial charge in [0.1, 0.15) is 12.1 Å². The van der Waals surface area contributed by atoms with Gasteiger partial charge in [-0.25, -0.2) is 0 Å². The Morgan fingerprint density at radius 2 is 1.62 bits per heavy atom. The largest absolute Gasteiger partial charge is 0.384 e. The van der Waals surface area contributed by atoms with Crippen molar-refractivity contribution in [3.05, 3.63) is 75.9 Å². The van der Waals surface area contributed by atoms with Crippen molar-refractivity contribution in [2.45, 2.75) is 104 Å². The number of rotatable bonds is 11. The van der Waals surface area contributed by atoms with Crippen molar-refractivity contribution in [2.24, 2.45) is 5.92 Å². The second-order valence-electron chi connectivity index (χ2n) is 12.2. The quantitative estimate of drug-likeness (QED) is 0.274. The van der Waals surface area contributed by atoms with Crippen molar-refractivity contribution >= 4 is 17.5 Å². The van der Waals surface area contributed by atoms with Gasteiger partial charge in [-0.3, -0.25) is 9.59 Å². The molecule has 3 aliphatic rings. The monoisotopic (exact) mass is 529 g/mol. The Hall–Kier alpha value is -3.08. The van der Waals surface area contributed by atoms with Crippen molar-refractivity contribution in [3.63, 3.8) is 0 Å². The molecule has 0 aromatic heterocycles. The van der Waals surface area contributed by atoms with E-state index in [9.17, 15) is 9.59 Å². The summed E-state index contributed by atoms with van der Waals surface area (Å²) in [6.07, 6.45) is 16.7. The van der Waals surface area contributed by atoms with Gasteiger partial charge in [-0.05, 0) is 102 Å². The average Bonchev–Trinajstić information content (AvgIpc) is 3.28. The van der Waals surface area contributed by atoms with Crippen LogP contribution in [-0.2, 0) is 16.0 Å². The Morgan fingerprint density at radius 1 is 0.923 bits per heavy atom. The van der Waals surface area contributed by atoms with E-state index in [4.69, 9.17) is 0 Å². The molecular weight excluding hydrogens is 482 g/mol. The minimum Gasteiger partial charge on any atom is -0.384 e. The summed E-state index contributed by atoms with van der Waals surface area (Å²) in [7, 11) is 0. The SMILES string of the molecule is CC(C)=CCCC1=CC=C(C(C)CC2NC(=O)C(CC3CNc4cc(CCC=C(C)C)ccc43)NC2=O)CC1. The van der Waals surface area contributed by atoms with Crippen LogP contribution in [0.25, 0.3) is 0 Å². The zero-order chi connectivity index (χ0) is 27.9. The first kappa shape index (κ1) is 28.9. The highest BCUT2D eigenvalue weighted by atomic mass is 16.2. The van der Waals surface area contributed by atoms with Crippen LogP contribution in [0.15, 0.2) is 64.8 Å². The van der Waals surface area contributed by atoms with Gasteiger partial charge in [0.15, 0.2) is 0 Å². The van der Waals surface area contributed by atoms with E-state index in [2.05, 4.69) is 93.1 Å². The van der Waals surface area contributed by atoms with E-state index in [0.29, 0.717) is 12.8 Å². The third-order valence-electron chi connectivity index (χ3n) is 8.38. The summed E-state index contributed by atoms with van der Waals surface area (Å²) in [4.78, 5) is 26.1. The van der Waals surface area contributed by atoms with Gasteiger partial charge in [-0.15, -0.1) is 0 Å². The molecule has 4 atom stereocenters. The third kappa shape index (κ3) is 7.97. The maximum atomic E-state index is 13.0. The standard InChI is InChI=1S/C34H47N3O2/c1-22(2)8-6-10-25-12-15-27(16-13-25)24(5)18-31-33(38)37-32(34(39)36-31)20-28-21-35-30-19-26(14-17-29(28)30)11-7-9-23(3)4/h8-9,12,14-15,17,19,24,28,31-32,35H,6-7,10-11,13,16,18,20-21H2,1-5H3,(H,36,39)(H,37,38). The number of nitrogens with one attached hydrogen (secondary N) is 3. The Morgan fingerprint density at radius 3 is 2.31 bits per heavy atom. The van der Waals surface area contributed by atoms with Gasteiger partial charge in [0.25, 0.3) is 0 Å². The lowest BCUT2D eigenvalue weighted by atomic mass is 9.84. The lowest BCUT2D eigenvalue weighted by Gasteiger charge is -2.33. The smallest absolute Gasteiger partial charge is 0.243 e. The van der Waals surface area contributed by atoms with Gasteiger partial charge in [0.2, 0.25) is 11.8 Å². The van der Waals surface area contributed by atoms with Gasteiger partial charge in [-0.1, -0.05) is 65.7 Å². The summed E-state index contributed by atoms with van der Waals surface area (Å²) in [5.41, 5.74) is 9.33. The number of carbonyl (C=O) groups excluding carboxylic acids is 2. The number of carbonyl (C=O) groups is 2. The molecule has 2 heterocycles. The molecule has 1 aromatic rings. The lowest BCUT2D eigenvalue weighted by Crippen LogP contribution is -2.62. The summed E-state index contributed by atoms with van der Waals surface area (Å²) in [5.74, 6) is 0.354. The molecule has 0 radical (unpaired) electrons. The summed E-state index contributed by atoms with van der Waals surface area (Å²) in [6.45, 7) is 11.5. The molecule has 0 bridgehead atoms. The van der Waals surface area contributed by atoms with Gasteiger partial charge < -0.3 is 16.0 Å². The van der Waals surface area contributed by atoms with Crippen LogP contribution in [0.2, 0.25) is 0 Å². The van der Waals surface area contributed by atoms with Crippen LogP contribution in [0.3, 0.4) is 0 Å². The predicted molar refractivity (Wildman–Crippen MR) is 162 cm³/mol. The third-order valence-corrected chi connectivity index (χ3v) is 8.38. The number of hydrogen-bond donors (Lipinski definition) is 3. The van der Waals surface area contributed by atoms with Crippen LogP contribution in [0.4, 0.5) is 5.69 Å². The molecule has 210 valence electrons. The molecule has 1 aliphatic carbocycles. The highest BCUT2D eigenvalue weighted by Crippen LogP contribution is 2.36. The molecule has 2 aliphatic heterocycles. The van der Waals surface area contributed by atoms with Crippen LogP contribution in [0.1, 0.15) is 96.6 Å². The summed E-state index contributed by atoms with van der Waals surface area (Å²) in [5, 5.41) is 9.62. The van der Waals surface area contributed by atoms with Gasteiger partial charge in [-0.2, -0.15) is 0 Å². The van der Waals surface area contributed by atoms with Crippen molar-refractivity contribution in [2.75, 3.05) is 11.9 Å². The molecule has 4 unspecified atom stereocenters. The van der Waals surface area contributed by atoms with Crippen molar-refractivity contribution in [1.29, 1.82) is 0 Å². The Labute approximate surface area is 235 Å². The second-order valence-corrected chi connectivity index (χ2v) is 12.2. The Kier molecular flexibility index (Phi) is 9.88. The van der Waals surface area contributed by atoms with E-state index in [0.717, 1.165) is 45.1 Å². The summed E-state index contributed by atoms with van der Waals surface area (Å²) in [6, 6.07) is 5.69. The molecule has 1 fully saturated rings. The minimum absolute atomic E-state index is 0.0541. The zero-order valence-corrected chi connectivity index (χ0v) is 24.5. The van der Waals surface area contributed by atoms with Gasteiger partial charge in [0, 0.05) is 18.2 Å². The van der Waals surface area contributed by atoms with Crippen LogP contribution in [0, 0.1) is 5.92 Å². The summed E-state index contributed by atoms with van der Waals surface area (Å²) < 4.78 is 0. The van der Waals surface area contributed by atoms with Crippen molar-refractivity contribution in [1.82, 2.24) is 10.6 Å². The average molecular weight is 530 g/mol. The molecule has 0 saturated carbocycles. The molecule has 4 rings (SSSR count). The molecule has 1 aromatic carbocycles. The Balaban J connectivity index is 1.28. The van der Waals surface area contributed by atoms with Crippen LogP contribution in [-0.4, -0.2) is 30.4 Å². The lowest BCUT2D eigenvalue weighted by molar-refractivity contribution is -0.137. The van der Waals surface area contributed by atoms with Gasteiger partial charge >= 0.3 is 0 Å². The fraction of sp³-hybridized carbons (Fsp3) is 0.529. The molecule has 5 nitrogen and oxygen atoms in total. The fourth-order valence-electron chi connectivity index (χ4n) is 6.01. The van der Waals surface area contributed by atoms with E-state index >= 15 is 0 Å². The van der Waals surface area contributed by atoms with Crippen molar-refractivity contribution < 1.29 is 9.59 Å². The fourth-order valence-corrected chi connectivity index (χ4v) is 6.01. The number of fused-ring (bicyclic) bond motifs is 1. The first-order chi connectivity index (χ1) is 18.7. The number of allylic oxidation sites excluding steroid dienone is 8. The van der Waals surface area contributed by atoms with E-state index in [-0.39, 0.29) is 23.7 Å². The molecule has 39 heavy (non-hydrogen) atoms. The van der Waals surface area contributed by atoms with Crippen molar-refractivity contribution in [3.8, 4) is 0 Å². The maximum absolute atomic E-state index is 13.0. The topological polar surface area (TPSA) is 70.2 Å². The van der Waals surface area contributed by atoms with E-state index in [1.165, 1.54) is 39.1 Å². The first-order valence-electron chi connectivity index (χ1n) is 14.8. The Bertz CT molecular complexity index is 1180. The first-order valence-corrected chi connectivity index (χ1v) is 14.8. The predicted octanol–water partition coefficient (Wildman–Crippen LogP) is 6.89. The molecule has 0 spiro atoms. The number of amides is 2. The molecule has 2 amide bonds. The molecular formula is C34H47N3O2. The maximum Gasteiger partial charge on any atom is 0.243 e. The van der Waals surface area contributed by atoms with Crippen LogP contribution >= 0.6 is 0 Å². The molecule has 1 saturated heterocycles. The number of piperazine rings is 1. The number of aryl methyl sites for hydroxylation is 1. The minimum atomic E-state index is -0.487. The van der Waals surface area contributed by atoms with Gasteiger partial charge in [0.05, 0.1) is 0 Å².